The lowest BCUT2D eigenvalue weighted by Gasteiger charge is -2.15. The number of ether oxygens (including phenoxy) is 1. The van der Waals surface area contributed by atoms with E-state index in [0.29, 0.717) is 32.9 Å². The number of thiazole rings is 1. The molecule has 1 amide bonds. The summed E-state index contributed by atoms with van der Waals surface area (Å²) in [6.07, 6.45) is 1.09. The Bertz CT molecular complexity index is 968. The van der Waals surface area contributed by atoms with Crippen LogP contribution in [0.4, 0.5) is 5.13 Å². The number of amidine groups is 1. The molecule has 0 radical (unpaired) electrons. The normalized spacial score (nSPS) is 18.1. The van der Waals surface area contributed by atoms with E-state index in [1.54, 1.807) is 38.2 Å². The number of thioether (sulfide) groups is 1. The lowest BCUT2D eigenvalue weighted by atomic mass is 10.1. The van der Waals surface area contributed by atoms with Crippen LogP contribution in [0, 0.1) is 6.92 Å². The van der Waals surface area contributed by atoms with Crippen LogP contribution >= 0.6 is 23.1 Å². The molecule has 3 rings (SSSR count). The van der Waals surface area contributed by atoms with E-state index >= 15 is 0 Å². The van der Waals surface area contributed by atoms with Gasteiger partial charge in [0, 0.05) is 18.0 Å². The fourth-order valence-corrected chi connectivity index (χ4v) is 4.12. The molecule has 1 aliphatic rings. The maximum Gasteiger partial charge on any atom is 0.344 e. The predicted molar refractivity (Wildman–Crippen MR) is 111 cm³/mol. The second-order valence-corrected chi connectivity index (χ2v) is 7.88. The average Bonchev–Trinajstić information content (AvgIpc) is 3.19. The summed E-state index contributed by atoms with van der Waals surface area (Å²) < 4.78 is 5.64. The van der Waals surface area contributed by atoms with E-state index in [4.69, 9.17) is 4.74 Å². The number of nitrogens with zero attached hydrogens (tertiary/aromatic N) is 3. The van der Waals surface area contributed by atoms with Crippen molar-refractivity contribution in [3.8, 4) is 5.75 Å². The number of amides is 1. The second kappa shape index (κ2) is 8.57. The number of carbonyl (C=O) groups is 2. The molecule has 1 saturated heterocycles. The monoisotopic (exact) mass is 417 g/mol. The number of aliphatic carboxylic acids is 1. The first-order chi connectivity index (χ1) is 13.4. The molecule has 1 aliphatic heterocycles. The molecule has 9 heteroatoms. The van der Waals surface area contributed by atoms with Crippen LogP contribution in [0.1, 0.15) is 24.6 Å². The lowest BCUT2D eigenvalue weighted by Crippen LogP contribution is -2.26. The van der Waals surface area contributed by atoms with Crippen molar-refractivity contribution < 1.29 is 19.4 Å². The van der Waals surface area contributed by atoms with Gasteiger partial charge in [-0.2, -0.15) is 4.99 Å². The van der Waals surface area contributed by atoms with Gasteiger partial charge in [0.1, 0.15) is 5.75 Å². The third-order valence-corrected chi connectivity index (χ3v) is 5.84. The van der Waals surface area contributed by atoms with E-state index in [0.717, 1.165) is 5.69 Å². The molecule has 2 heterocycles. The van der Waals surface area contributed by atoms with Gasteiger partial charge in [-0.05, 0) is 37.2 Å². The Kier molecular flexibility index (Phi) is 6.15. The third-order valence-electron chi connectivity index (χ3n) is 3.92. The number of rotatable bonds is 6. The van der Waals surface area contributed by atoms with Gasteiger partial charge < -0.3 is 9.84 Å². The van der Waals surface area contributed by atoms with E-state index in [1.165, 1.54) is 28.0 Å². The molecule has 0 saturated carbocycles. The number of aryl methyl sites for hydroxylation is 1. The van der Waals surface area contributed by atoms with E-state index in [1.807, 2.05) is 18.4 Å². The number of carbonyl (C=O) groups excluding carboxylic acids is 1. The highest BCUT2D eigenvalue weighted by atomic mass is 32.2. The van der Waals surface area contributed by atoms with Crippen molar-refractivity contribution in [2.24, 2.45) is 4.99 Å². The van der Waals surface area contributed by atoms with Crippen LogP contribution in [0.15, 0.2) is 39.5 Å². The molecular formula is C19H19N3O4S2. The number of hydrogen-bond acceptors (Lipinski definition) is 7. The quantitative estimate of drug-likeness (QED) is 0.716. The summed E-state index contributed by atoms with van der Waals surface area (Å²) in [6.45, 7) is 3.63. The summed E-state index contributed by atoms with van der Waals surface area (Å²) in [4.78, 5) is 34.6. The van der Waals surface area contributed by atoms with E-state index < -0.39 is 12.1 Å². The number of likely N-dealkylation sites (N-methyl/N-ethyl adjacent to an activating group) is 1. The first-order valence-corrected chi connectivity index (χ1v) is 10.3. The number of para-hydroxylation sites is 1. The summed E-state index contributed by atoms with van der Waals surface area (Å²) in [7, 11) is 1.66. The van der Waals surface area contributed by atoms with Gasteiger partial charge in [-0.3, -0.25) is 9.69 Å². The van der Waals surface area contributed by atoms with Crippen LogP contribution in [0.3, 0.4) is 0 Å². The molecule has 0 bridgehead atoms. The van der Waals surface area contributed by atoms with Gasteiger partial charge in [0.05, 0.1) is 10.6 Å². The zero-order valence-corrected chi connectivity index (χ0v) is 17.2. The summed E-state index contributed by atoms with van der Waals surface area (Å²) >= 11 is 2.66. The third kappa shape index (κ3) is 4.42. The molecule has 1 N–H and O–H groups in total. The molecule has 1 aromatic heterocycles. The fraction of sp³-hybridized carbons (Fsp3) is 0.263. The molecule has 146 valence electrons. The fourth-order valence-electron chi connectivity index (χ4n) is 2.44. The standard InChI is InChI=1S/C19H19N3O4S2/c1-4-13(17(24)25)26-14-8-6-5-7-12(14)9-15-16(23)22(3)19(28-15)21-18-20-11(2)10-27-18/h5-10,13H,4H2,1-3H3,(H,24,25)/b15-9+,21-19+. The van der Waals surface area contributed by atoms with E-state index in [9.17, 15) is 14.7 Å². The maximum absolute atomic E-state index is 12.6. The molecule has 1 aromatic carbocycles. The van der Waals surface area contributed by atoms with Crippen LogP contribution in [0.25, 0.3) is 6.08 Å². The molecule has 0 spiro atoms. The Morgan fingerprint density at radius 2 is 2.18 bits per heavy atom. The highest BCUT2D eigenvalue weighted by Gasteiger charge is 2.31. The largest absolute Gasteiger partial charge is 0.479 e. The van der Waals surface area contributed by atoms with Crippen molar-refractivity contribution in [2.75, 3.05) is 7.05 Å². The molecule has 1 fully saturated rings. The smallest absolute Gasteiger partial charge is 0.344 e. The molecule has 28 heavy (non-hydrogen) atoms. The number of carboxylic acids is 1. The summed E-state index contributed by atoms with van der Waals surface area (Å²) in [6, 6.07) is 7.05. The van der Waals surface area contributed by atoms with E-state index in [-0.39, 0.29) is 5.91 Å². The zero-order chi connectivity index (χ0) is 20.3. The number of benzene rings is 1. The molecule has 2 aromatic rings. The minimum absolute atomic E-state index is 0.183. The molecule has 7 nitrogen and oxygen atoms in total. The van der Waals surface area contributed by atoms with Crippen molar-refractivity contribution in [3.63, 3.8) is 0 Å². The van der Waals surface area contributed by atoms with Crippen LogP contribution in [0.5, 0.6) is 5.75 Å². The van der Waals surface area contributed by atoms with Gasteiger partial charge in [0.15, 0.2) is 11.3 Å². The molecule has 0 aliphatic carbocycles. The number of aromatic nitrogens is 1. The van der Waals surface area contributed by atoms with Crippen molar-refractivity contribution >= 4 is 51.4 Å². The van der Waals surface area contributed by atoms with Gasteiger partial charge in [0.2, 0.25) is 5.13 Å². The van der Waals surface area contributed by atoms with Crippen molar-refractivity contribution in [2.45, 2.75) is 26.4 Å². The molecular weight excluding hydrogens is 398 g/mol. The summed E-state index contributed by atoms with van der Waals surface area (Å²) in [5.41, 5.74) is 1.52. The number of carboxylic acid groups (broad SMARTS) is 1. The highest BCUT2D eigenvalue weighted by Crippen LogP contribution is 2.35. The minimum atomic E-state index is -1.02. The van der Waals surface area contributed by atoms with Crippen LogP contribution in [-0.2, 0) is 9.59 Å². The molecule has 1 atom stereocenters. The van der Waals surface area contributed by atoms with Gasteiger partial charge >= 0.3 is 5.97 Å². The Morgan fingerprint density at radius 1 is 1.43 bits per heavy atom. The Hall–Kier alpha value is -2.65. The van der Waals surface area contributed by atoms with Crippen molar-refractivity contribution in [1.82, 2.24) is 9.88 Å². The predicted octanol–water partition coefficient (Wildman–Crippen LogP) is 3.93. The summed E-state index contributed by atoms with van der Waals surface area (Å²) in [5.74, 6) is -0.789. The highest BCUT2D eigenvalue weighted by molar-refractivity contribution is 8.18. The van der Waals surface area contributed by atoms with Crippen LogP contribution in [0.2, 0.25) is 0 Å². The van der Waals surface area contributed by atoms with Crippen LogP contribution < -0.4 is 4.74 Å². The van der Waals surface area contributed by atoms with Gasteiger partial charge in [-0.25, -0.2) is 9.78 Å². The molecule has 1 unspecified atom stereocenters. The SMILES string of the molecule is CCC(Oc1ccccc1/C=C1/S/C(=N/c2nc(C)cs2)N(C)C1=O)C(=O)O. The average molecular weight is 418 g/mol. The van der Waals surface area contributed by atoms with Crippen molar-refractivity contribution in [1.29, 1.82) is 0 Å². The Morgan fingerprint density at radius 3 is 2.82 bits per heavy atom. The zero-order valence-electron chi connectivity index (χ0n) is 15.6. The Balaban J connectivity index is 1.89. The second-order valence-electron chi connectivity index (χ2n) is 6.03. The van der Waals surface area contributed by atoms with Gasteiger partial charge in [0.25, 0.3) is 5.91 Å². The minimum Gasteiger partial charge on any atom is -0.479 e. The topological polar surface area (TPSA) is 92.1 Å². The van der Waals surface area contributed by atoms with Gasteiger partial charge in [-0.15, -0.1) is 11.3 Å². The number of hydrogen-bond donors (Lipinski definition) is 1. The van der Waals surface area contributed by atoms with Crippen molar-refractivity contribution in [3.05, 3.63) is 45.8 Å². The first kappa shape index (κ1) is 20.1. The van der Waals surface area contributed by atoms with Gasteiger partial charge in [-0.1, -0.05) is 25.1 Å². The van der Waals surface area contributed by atoms with E-state index in [2.05, 4.69) is 9.98 Å². The Labute approximate surface area is 170 Å². The number of aliphatic imine (C=N–C) groups is 1. The first-order valence-electron chi connectivity index (χ1n) is 8.56. The summed E-state index contributed by atoms with van der Waals surface area (Å²) in [5, 5.41) is 12.3. The maximum atomic E-state index is 12.6. The van der Waals surface area contributed by atoms with Crippen LogP contribution in [-0.4, -0.2) is 45.2 Å². The lowest BCUT2D eigenvalue weighted by molar-refractivity contribution is -0.145.